The number of halogens is 1. The highest BCUT2D eigenvalue weighted by molar-refractivity contribution is 6.08. The normalized spacial score (nSPS) is 13.5. The van der Waals surface area contributed by atoms with Crippen LogP contribution in [0.3, 0.4) is 0 Å². The third kappa shape index (κ3) is 6.97. The summed E-state index contributed by atoms with van der Waals surface area (Å²) in [6, 6.07) is 12.2. The minimum absolute atomic E-state index is 0.0331. The van der Waals surface area contributed by atoms with Crippen LogP contribution in [0.25, 0.3) is 28.0 Å². The van der Waals surface area contributed by atoms with Gasteiger partial charge >= 0.3 is 6.03 Å². The number of hydrogen-bond donors (Lipinski definition) is 5. The van der Waals surface area contributed by atoms with Crippen molar-refractivity contribution < 1.29 is 24.0 Å². The molecule has 0 radical (unpaired) electrons. The fraction of sp³-hybridized carbons (Fsp3) is 0.200. The lowest BCUT2D eigenvalue weighted by atomic mass is 10.1. The monoisotopic (exact) mass is 584 g/mol. The van der Waals surface area contributed by atoms with Gasteiger partial charge in [-0.15, -0.1) is 0 Å². The molecule has 0 unspecified atom stereocenters. The lowest BCUT2D eigenvalue weighted by molar-refractivity contribution is -0.555. The van der Waals surface area contributed by atoms with Gasteiger partial charge in [-0.05, 0) is 48.5 Å². The molecule has 1 aliphatic rings. The van der Waals surface area contributed by atoms with Crippen LogP contribution < -0.4 is 26.2 Å². The number of nitrogens with two attached hydrogens (primary N) is 1. The second kappa shape index (κ2) is 13.1. The maximum atomic E-state index is 14.4. The number of allylic oxidation sites excluding steroid dienone is 1. The standard InChI is InChI=1S/C30H30FN9O3/c1-18(41)35-23-7-8-25(24(31)14-23)38-30(42)36-22-5-3-19(4-6-22)28-37-26-13-20(21(15-32)16-33-2)17-34-27(26)29(39-28)40-9-11-43-12-10-40/h3-8,13-17,32-33H,9-12H2,1-2H3,(H,35,41)(H2,36,38,42)/p+1/b21-16+,32-15?. The Morgan fingerprint density at radius 2 is 1.77 bits per heavy atom. The summed E-state index contributed by atoms with van der Waals surface area (Å²) < 4.78 is 19.9. The highest BCUT2D eigenvalue weighted by Gasteiger charge is 2.20. The van der Waals surface area contributed by atoms with E-state index in [1.54, 1.807) is 30.5 Å². The summed E-state index contributed by atoms with van der Waals surface area (Å²) in [5.41, 5.74) is 4.23. The van der Waals surface area contributed by atoms with Crippen molar-refractivity contribution in [2.45, 2.75) is 6.92 Å². The van der Waals surface area contributed by atoms with Crippen LogP contribution in [0, 0.1) is 11.2 Å². The highest BCUT2D eigenvalue weighted by atomic mass is 19.1. The summed E-state index contributed by atoms with van der Waals surface area (Å²) >= 11 is 0. The fourth-order valence-corrected chi connectivity index (χ4v) is 4.58. The number of nitrogens with zero attached hydrogens (tertiary/aromatic N) is 4. The number of amides is 3. The zero-order chi connectivity index (χ0) is 30.3. The Labute approximate surface area is 246 Å². The molecule has 6 N–H and O–H groups in total. The van der Waals surface area contributed by atoms with Crippen LogP contribution in [0.2, 0.25) is 0 Å². The number of carbonyl (C=O) groups excluding carboxylic acids is 2. The number of pyridine rings is 1. The molecule has 1 aliphatic heterocycles. The van der Waals surface area contributed by atoms with E-state index < -0.39 is 11.8 Å². The average Bonchev–Trinajstić information content (AvgIpc) is 3.01. The molecule has 220 valence electrons. The van der Waals surface area contributed by atoms with Crippen LogP contribution in [-0.4, -0.2) is 66.5 Å². The molecule has 3 amide bonds. The Bertz CT molecular complexity index is 1700. The van der Waals surface area contributed by atoms with Gasteiger partial charge in [0.15, 0.2) is 11.6 Å². The lowest BCUT2D eigenvalue weighted by Gasteiger charge is -2.28. The van der Waals surface area contributed by atoms with Gasteiger partial charge in [0, 0.05) is 54.9 Å². The third-order valence-corrected chi connectivity index (χ3v) is 6.60. The number of rotatable bonds is 8. The molecule has 13 heteroatoms. The van der Waals surface area contributed by atoms with Gasteiger partial charge in [-0.2, -0.15) is 0 Å². The molecule has 2 aromatic heterocycles. The van der Waals surface area contributed by atoms with Crippen molar-refractivity contribution in [2.24, 2.45) is 0 Å². The molecule has 1 saturated heterocycles. The van der Waals surface area contributed by atoms with Crippen LogP contribution in [0.15, 0.2) is 60.9 Å². The molecule has 4 aromatic rings. The van der Waals surface area contributed by atoms with E-state index in [2.05, 4.69) is 25.8 Å². The zero-order valence-electron chi connectivity index (χ0n) is 23.6. The first-order chi connectivity index (χ1) is 20.8. The van der Waals surface area contributed by atoms with Gasteiger partial charge < -0.3 is 36.3 Å². The number of urea groups is 1. The Hall–Kier alpha value is -5.27. The number of ether oxygens (including phenoxy) is 1. The van der Waals surface area contributed by atoms with Crippen LogP contribution in [0.5, 0.6) is 0 Å². The SMILES string of the molecule is C[NH2+]/C=C(\C=N)c1cnc2c(N3CCOCC3)nc(-c3ccc(NC(=O)Nc4ccc(NC(C)=O)cc4F)cc3)nc2c1. The maximum Gasteiger partial charge on any atom is 0.323 e. The topological polar surface area (TPSA) is 162 Å². The molecule has 5 rings (SSSR count). The first kappa shape index (κ1) is 29.2. The molecule has 0 atom stereocenters. The quantitative estimate of drug-likeness (QED) is 0.198. The number of benzene rings is 2. The van der Waals surface area contributed by atoms with E-state index in [1.807, 2.05) is 24.6 Å². The van der Waals surface area contributed by atoms with Gasteiger partial charge in [0.1, 0.15) is 17.5 Å². The van der Waals surface area contributed by atoms with Crippen molar-refractivity contribution in [1.29, 1.82) is 5.41 Å². The molecule has 0 bridgehead atoms. The predicted molar refractivity (Wildman–Crippen MR) is 164 cm³/mol. The number of morpholine rings is 1. The molecule has 12 nitrogen and oxygen atoms in total. The maximum absolute atomic E-state index is 14.4. The summed E-state index contributed by atoms with van der Waals surface area (Å²) in [6.45, 7) is 3.82. The number of aromatic nitrogens is 3. The number of anilines is 4. The van der Waals surface area contributed by atoms with E-state index >= 15 is 0 Å². The number of quaternary nitrogens is 1. The molecule has 3 heterocycles. The molecule has 1 fully saturated rings. The van der Waals surface area contributed by atoms with Crippen LogP contribution in [0.1, 0.15) is 12.5 Å². The van der Waals surface area contributed by atoms with Crippen molar-refractivity contribution >= 4 is 57.6 Å². The molecule has 2 aromatic carbocycles. The van der Waals surface area contributed by atoms with E-state index in [0.717, 1.165) is 17.2 Å². The van der Waals surface area contributed by atoms with Crippen LogP contribution in [0.4, 0.5) is 32.1 Å². The van der Waals surface area contributed by atoms with Gasteiger partial charge in [-0.25, -0.2) is 19.2 Å². The Morgan fingerprint density at radius 1 is 1.02 bits per heavy atom. The predicted octanol–water partition coefficient (Wildman–Crippen LogP) is 3.45. The van der Waals surface area contributed by atoms with Crippen molar-refractivity contribution in [3.63, 3.8) is 0 Å². The molecule has 0 saturated carbocycles. The third-order valence-electron chi connectivity index (χ3n) is 6.60. The van der Waals surface area contributed by atoms with Crippen molar-refractivity contribution in [1.82, 2.24) is 15.0 Å². The Balaban J connectivity index is 1.39. The molecular weight excluding hydrogens is 553 g/mol. The zero-order valence-corrected chi connectivity index (χ0v) is 23.6. The number of fused-ring (bicyclic) bond motifs is 1. The number of hydrogen-bond acceptors (Lipinski definition) is 8. The van der Waals surface area contributed by atoms with E-state index in [0.29, 0.717) is 60.2 Å². The second-order valence-corrected chi connectivity index (χ2v) is 9.69. The average molecular weight is 585 g/mol. The van der Waals surface area contributed by atoms with Gasteiger partial charge in [0.05, 0.1) is 37.0 Å². The van der Waals surface area contributed by atoms with E-state index in [1.165, 1.54) is 25.3 Å². The summed E-state index contributed by atoms with van der Waals surface area (Å²) in [5.74, 6) is 0.169. The summed E-state index contributed by atoms with van der Waals surface area (Å²) in [7, 11) is 1.89. The van der Waals surface area contributed by atoms with Crippen LogP contribution in [-0.2, 0) is 9.53 Å². The van der Waals surface area contributed by atoms with Gasteiger partial charge in [0.25, 0.3) is 0 Å². The minimum atomic E-state index is -0.685. The smallest absolute Gasteiger partial charge is 0.323 e. The second-order valence-electron chi connectivity index (χ2n) is 9.69. The number of carbonyl (C=O) groups is 2. The molecule has 0 aliphatic carbocycles. The van der Waals surface area contributed by atoms with Gasteiger partial charge in [-0.3, -0.25) is 9.78 Å². The fourth-order valence-electron chi connectivity index (χ4n) is 4.58. The van der Waals surface area contributed by atoms with Crippen molar-refractivity contribution in [2.75, 3.05) is 54.2 Å². The van der Waals surface area contributed by atoms with E-state index in [4.69, 9.17) is 20.1 Å². The Morgan fingerprint density at radius 3 is 2.44 bits per heavy atom. The molecular formula is C30H31FN9O3+. The lowest BCUT2D eigenvalue weighted by Crippen LogP contribution is -2.72. The van der Waals surface area contributed by atoms with Gasteiger partial charge in [0.2, 0.25) is 5.91 Å². The van der Waals surface area contributed by atoms with Crippen molar-refractivity contribution in [3.05, 3.63) is 72.3 Å². The van der Waals surface area contributed by atoms with E-state index in [-0.39, 0.29) is 17.3 Å². The highest BCUT2D eigenvalue weighted by Crippen LogP contribution is 2.29. The molecule has 43 heavy (non-hydrogen) atoms. The number of nitrogens with one attached hydrogen (secondary N) is 4. The summed E-state index contributed by atoms with van der Waals surface area (Å²) in [6.07, 6.45) is 4.85. The van der Waals surface area contributed by atoms with Crippen LogP contribution >= 0.6 is 0 Å². The first-order valence-corrected chi connectivity index (χ1v) is 13.6. The Kier molecular flexibility index (Phi) is 8.93. The summed E-state index contributed by atoms with van der Waals surface area (Å²) in [4.78, 5) is 40.2. The van der Waals surface area contributed by atoms with E-state index in [9.17, 15) is 14.0 Å². The first-order valence-electron chi connectivity index (χ1n) is 13.6. The molecule has 0 spiro atoms. The van der Waals surface area contributed by atoms with Gasteiger partial charge in [-0.1, -0.05) is 0 Å². The minimum Gasteiger partial charge on any atom is -0.378 e. The largest absolute Gasteiger partial charge is 0.378 e. The summed E-state index contributed by atoms with van der Waals surface area (Å²) in [5, 5.41) is 17.3. The van der Waals surface area contributed by atoms with Crippen molar-refractivity contribution in [3.8, 4) is 11.4 Å².